The van der Waals surface area contributed by atoms with Crippen molar-refractivity contribution in [3.8, 4) is 5.75 Å². The van der Waals surface area contributed by atoms with Crippen LogP contribution in [0.5, 0.6) is 5.75 Å². The van der Waals surface area contributed by atoms with Gasteiger partial charge in [0.2, 0.25) is 0 Å². The van der Waals surface area contributed by atoms with E-state index in [1.165, 1.54) is 0 Å². The Morgan fingerprint density at radius 1 is 1.00 bits per heavy atom. The summed E-state index contributed by atoms with van der Waals surface area (Å²) < 4.78 is 10.8. The van der Waals surface area contributed by atoms with E-state index in [4.69, 9.17) is 9.47 Å². The third-order valence-corrected chi connectivity index (χ3v) is 4.40. The molecule has 0 aliphatic rings. The van der Waals surface area contributed by atoms with Crippen LogP contribution in [0, 0.1) is 0 Å². The molecule has 1 unspecified atom stereocenters. The summed E-state index contributed by atoms with van der Waals surface area (Å²) in [6, 6.07) is 14.5. The van der Waals surface area contributed by atoms with E-state index in [2.05, 4.69) is 12.2 Å². The first-order valence-electron chi connectivity index (χ1n) is 9.87. The number of rotatable bonds is 10. The summed E-state index contributed by atoms with van der Waals surface area (Å²) in [6.07, 6.45) is 3.12. The van der Waals surface area contributed by atoms with Gasteiger partial charge in [-0.3, -0.25) is 4.79 Å². The summed E-state index contributed by atoms with van der Waals surface area (Å²) in [5.74, 6) is -0.0477. The topological polar surface area (TPSA) is 64.6 Å². The predicted molar refractivity (Wildman–Crippen MR) is 111 cm³/mol. The number of para-hydroxylation sites is 1. The van der Waals surface area contributed by atoms with Crippen LogP contribution in [0.15, 0.2) is 48.5 Å². The number of esters is 1. The van der Waals surface area contributed by atoms with Crippen molar-refractivity contribution >= 4 is 17.6 Å². The van der Waals surface area contributed by atoms with Crippen molar-refractivity contribution in [2.24, 2.45) is 0 Å². The van der Waals surface area contributed by atoms with Gasteiger partial charge in [0.1, 0.15) is 5.75 Å². The van der Waals surface area contributed by atoms with Crippen LogP contribution in [0.4, 0.5) is 5.69 Å². The van der Waals surface area contributed by atoms with Gasteiger partial charge >= 0.3 is 5.97 Å². The lowest BCUT2D eigenvalue weighted by molar-refractivity contribution is -0.151. The van der Waals surface area contributed by atoms with Crippen LogP contribution < -0.4 is 10.1 Å². The molecule has 0 aromatic heterocycles. The quantitative estimate of drug-likeness (QED) is 0.463. The first-order chi connectivity index (χ1) is 13.5. The van der Waals surface area contributed by atoms with Crippen molar-refractivity contribution in [1.82, 2.24) is 0 Å². The third kappa shape index (κ3) is 6.41. The Hall–Kier alpha value is -2.82. The zero-order valence-electron chi connectivity index (χ0n) is 16.9. The maximum Gasteiger partial charge on any atom is 0.347 e. The number of nitrogens with one attached hydrogen (secondary N) is 1. The Bertz CT molecular complexity index is 770. The minimum atomic E-state index is -0.697. The second-order valence-corrected chi connectivity index (χ2v) is 6.62. The Morgan fingerprint density at radius 2 is 1.71 bits per heavy atom. The van der Waals surface area contributed by atoms with Crippen LogP contribution in [0.1, 0.15) is 56.0 Å². The van der Waals surface area contributed by atoms with Crippen LogP contribution in [-0.2, 0) is 16.0 Å². The molecule has 0 bridgehead atoms. The zero-order chi connectivity index (χ0) is 20.4. The number of anilines is 1. The average Bonchev–Trinajstić information content (AvgIpc) is 2.72. The van der Waals surface area contributed by atoms with E-state index in [0.29, 0.717) is 17.9 Å². The fraction of sp³-hybridized carbons (Fsp3) is 0.391. The largest absolute Gasteiger partial charge is 0.479 e. The molecule has 1 atom stereocenters. The van der Waals surface area contributed by atoms with Gasteiger partial charge in [-0.2, -0.15) is 0 Å². The molecule has 2 rings (SSSR count). The highest BCUT2D eigenvalue weighted by molar-refractivity contribution is 6.04. The summed E-state index contributed by atoms with van der Waals surface area (Å²) in [7, 11) is 0. The number of hydrogen-bond donors (Lipinski definition) is 1. The van der Waals surface area contributed by atoms with E-state index in [9.17, 15) is 9.59 Å². The van der Waals surface area contributed by atoms with E-state index in [0.717, 1.165) is 36.9 Å². The molecule has 1 amide bonds. The summed E-state index contributed by atoms with van der Waals surface area (Å²) in [5, 5.41) is 2.94. The SMILES string of the molecule is CCCCCOC(=O)C(C)Oc1ccc(C(=O)Nc2ccccc2CC)cc1. The van der Waals surface area contributed by atoms with Crippen molar-refractivity contribution in [1.29, 1.82) is 0 Å². The third-order valence-electron chi connectivity index (χ3n) is 4.40. The fourth-order valence-electron chi connectivity index (χ4n) is 2.72. The molecule has 0 saturated heterocycles. The number of carbonyl (C=O) groups excluding carboxylic acids is 2. The highest BCUT2D eigenvalue weighted by Gasteiger charge is 2.16. The maximum atomic E-state index is 12.5. The lowest BCUT2D eigenvalue weighted by Crippen LogP contribution is -2.26. The van der Waals surface area contributed by atoms with E-state index >= 15 is 0 Å². The molecule has 2 aromatic rings. The number of amides is 1. The summed E-state index contributed by atoms with van der Waals surface area (Å²) in [6.45, 7) is 6.22. The molecule has 0 heterocycles. The van der Waals surface area contributed by atoms with Gasteiger partial charge in [0.05, 0.1) is 6.61 Å². The van der Waals surface area contributed by atoms with Crippen LogP contribution in [0.2, 0.25) is 0 Å². The standard InChI is InChI=1S/C23H29NO4/c1-4-6-9-16-27-23(26)17(3)28-20-14-12-19(13-15-20)22(25)24-21-11-8-7-10-18(21)5-2/h7-8,10-15,17H,4-6,9,16H2,1-3H3,(H,24,25). The highest BCUT2D eigenvalue weighted by Crippen LogP contribution is 2.19. The number of unbranched alkanes of at least 4 members (excludes halogenated alkanes) is 2. The van der Waals surface area contributed by atoms with Crippen molar-refractivity contribution in [2.75, 3.05) is 11.9 Å². The molecule has 0 fully saturated rings. The highest BCUT2D eigenvalue weighted by atomic mass is 16.6. The van der Waals surface area contributed by atoms with Gasteiger partial charge in [-0.1, -0.05) is 44.9 Å². The lowest BCUT2D eigenvalue weighted by atomic mass is 10.1. The van der Waals surface area contributed by atoms with E-state index in [-0.39, 0.29) is 11.9 Å². The Morgan fingerprint density at radius 3 is 2.39 bits per heavy atom. The number of ether oxygens (including phenoxy) is 2. The second kappa shape index (κ2) is 11.1. The van der Waals surface area contributed by atoms with Gasteiger partial charge in [-0.05, 0) is 55.7 Å². The molecule has 0 spiro atoms. The van der Waals surface area contributed by atoms with Crippen molar-refractivity contribution in [3.05, 3.63) is 59.7 Å². The van der Waals surface area contributed by atoms with Gasteiger partial charge in [-0.15, -0.1) is 0 Å². The lowest BCUT2D eigenvalue weighted by Gasteiger charge is -2.14. The normalized spacial score (nSPS) is 11.5. The molecular weight excluding hydrogens is 354 g/mol. The summed E-state index contributed by atoms with van der Waals surface area (Å²) >= 11 is 0. The smallest absolute Gasteiger partial charge is 0.347 e. The predicted octanol–water partition coefficient (Wildman–Crippen LogP) is 5.00. The molecule has 0 radical (unpaired) electrons. The van der Waals surface area contributed by atoms with Gasteiger partial charge in [0, 0.05) is 11.3 Å². The van der Waals surface area contributed by atoms with Crippen molar-refractivity contribution < 1.29 is 19.1 Å². The number of benzene rings is 2. The molecule has 0 aliphatic heterocycles. The average molecular weight is 383 g/mol. The zero-order valence-corrected chi connectivity index (χ0v) is 16.9. The Labute approximate surface area is 167 Å². The van der Waals surface area contributed by atoms with Gasteiger partial charge < -0.3 is 14.8 Å². The summed E-state index contributed by atoms with van der Waals surface area (Å²) in [4.78, 5) is 24.4. The Kier molecular flexibility index (Phi) is 8.53. The number of aryl methyl sites for hydroxylation is 1. The first-order valence-corrected chi connectivity index (χ1v) is 9.87. The molecular formula is C23H29NO4. The van der Waals surface area contributed by atoms with Gasteiger partial charge in [0.15, 0.2) is 6.10 Å². The van der Waals surface area contributed by atoms with Gasteiger partial charge in [0.25, 0.3) is 5.91 Å². The molecule has 150 valence electrons. The number of hydrogen-bond acceptors (Lipinski definition) is 4. The Balaban J connectivity index is 1.90. The maximum absolute atomic E-state index is 12.5. The fourth-order valence-corrected chi connectivity index (χ4v) is 2.72. The van der Waals surface area contributed by atoms with E-state index in [1.54, 1.807) is 31.2 Å². The summed E-state index contributed by atoms with van der Waals surface area (Å²) in [5.41, 5.74) is 2.42. The molecule has 0 aliphatic carbocycles. The molecule has 1 N–H and O–H groups in total. The minimum absolute atomic E-state index is 0.184. The van der Waals surface area contributed by atoms with Gasteiger partial charge in [-0.25, -0.2) is 4.79 Å². The van der Waals surface area contributed by atoms with Crippen molar-refractivity contribution in [2.45, 2.75) is 52.6 Å². The number of carbonyl (C=O) groups is 2. The molecule has 0 saturated carbocycles. The molecule has 28 heavy (non-hydrogen) atoms. The van der Waals surface area contributed by atoms with Crippen LogP contribution in [-0.4, -0.2) is 24.6 Å². The molecule has 2 aromatic carbocycles. The van der Waals surface area contributed by atoms with Crippen LogP contribution in [0.25, 0.3) is 0 Å². The van der Waals surface area contributed by atoms with E-state index in [1.807, 2.05) is 31.2 Å². The first kappa shape index (κ1) is 21.5. The van der Waals surface area contributed by atoms with Crippen molar-refractivity contribution in [3.63, 3.8) is 0 Å². The van der Waals surface area contributed by atoms with Crippen LogP contribution >= 0.6 is 0 Å². The van der Waals surface area contributed by atoms with E-state index < -0.39 is 6.10 Å². The van der Waals surface area contributed by atoms with Crippen LogP contribution in [0.3, 0.4) is 0 Å². The molecule has 5 nitrogen and oxygen atoms in total. The molecule has 5 heteroatoms. The minimum Gasteiger partial charge on any atom is -0.479 e. The monoisotopic (exact) mass is 383 g/mol. The second-order valence-electron chi connectivity index (χ2n) is 6.62.